The highest BCUT2D eigenvalue weighted by molar-refractivity contribution is 5.99. The van der Waals surface area contributed by atoms with Gasteiger partial charge in [-0.2, -0.15) is 0 Å². The maximum Gasteiger partial charge on any atom is 0.354 e. The molecule has 2 rings (SSSR count). The number of aromatic nitrogens is 1. The molecule has 2 aromatic rings. The first kappa shape index (κ1) is 13.1. The second-order valence-electron chi connectivity index (χ2n) is 4.11. The molecule has 0 aliphatic heterocycles. The number of ketones is 1. The number of benzene rings is 1. The van der Waals surface area contributed by atoms with Gasteiger partial charge in [0.15, 0.2) is 5.78 Å². The maximum atomic E-state index is 12.0. The Kier molecular flexibility index (Phi) is 4.13. The van der Waals surface area contributed by atoms with Crippen LogP contribution in [0, 0.1) is 0 Å². The van der Waals surface area contributed by atoms with Crippen LogP contribution in [0.1, 0.15) is 33.3 Å². The molecular weight excluding hydrogens is 242 g/mol. The molecule has 19 heavy (non-hydrogen) atoms. The largest absolute Gasteiger partial charge is 0.461 e. The summed E-state index contributed by atoms with van der Waals surface area (Å²) in [7, 11) is 0. The van der Waals surface area contributed by atoms with Gasteiger partial charge in [0.05, 0.1) is 6.61 Å². The minimum absolute atomic E-state index is 0.0296. The molecule has 4 nitrogen and oxygen atoms in total. The maximum absolute atomic E-state index is 12.0. The zero-order chi connectivity index (χ0) is 13.7. The fourth-order valence-electron chi connectivity index (χ4n) is 1.77. The van der Waals surface area contributed by atoms with E-state index in [1.54, 1.807) is 6.92 Å². The summed E-state index contributed by atoms with van der Waals surface area (Å²) in [5, 5.41) is 0. The molecule has 0 aliphatic rings. The van der Waals surface area contributed by atoms with Gasteiger partial charge in [0.1, 0.15) is 5.69 Å². The van der Waals surface area contributed by atoms with E-state index in [2.05, 4.69) is 4.98 Å². The number of H-pyrrole nitrogens is 1. The molecule has 4 heteroatoms. The highest BCUT2D eigenvalue weighted by Crippen LogP contribution is 2.10. The number of ether oxygens (including phenoxy) is 1. The van der Waals surface area contributed by atoms with Crippen molar-refractivity contribution in [3.63, 3.8) is 0 Å². The molecule has 1 N–H and O–H groups in total. The molecule has 98 valence electrons. The average molecular weight is 257 g/mol. The van der Waals surface area contributed by atoms with E-state index in [-0.39, 0.29) is 5.78 Å². The van der Waals surface area contributed by atoms with Crippen LogP contribution in [0.25, 0.3) is 0 Å². The van der Waals surface area contributed by atoms with Crippen molar-refractivity contribution in [2.45, 2.75) is 13.3 Å². The Morgan fingerprint density at radius 2 is 1.95 bits per heavy atom. The van der Waals surface area contributed by atoms with E-state index >= 15 is 0 Å². The SMILES string of the molecule is CCOC(=O)c1cc(C(=O)Cc2ccccc2)c[nH]1. The fraction of sp³-hybridized carbons (Fsp3) is 0.200. The third-order valence-corrected chi connectivity index (χ3v) is 2.71. The van der Waals surface area contributed by atoms with Crippen molar-refractivity contribution in [1.82, 2.24) is 4.98 Å². The molecule has 0 radical (unpaired) electrons. The van der Waals surface area contributed by atoms with Crippen molar-refractivity contribution in [3.05, 3.63) is 59.4 Å². The van der Waals surface area contributed by atoms with Crippen LogP contribution < -0.4 is 0 Å². The molecule has 0 saturated heterocycles. The standard InChI is InChI=1S/C15H15NO3/c1-2-19-15(18)13-9-12(10-16-13)14(17)8-11-6-4-3-5-7-11/h3-7,9-10,16H,2,8H2,1H3. The summed E-state index contributed by atoms with van der Waals surface area (Å²) in [5.41, 5.74) is 1.75. The van der Waals surface area contributed by atoms with Gasteiger partial charge in [0.2, 0.25) is 0 Å². The van der Waals surface area contributed by atoms with E-state index in [4.69, 9.17) is 4.74 Å². The molecule has 0 saturated carbocycles. The van der Waals surface area contributed by atoms with Crippen molar-refractivity contribution in [2.24, 2.45) is 0 Å². The van der Waals surface area contributed by atoms with Crippen LogP contribution in [0.4, 0.5) is 0 Å². The minimum Gasteiger partial charge on any atom is -0.461 e. The quantitative estimate of drug-likeness (QED) is 0.661. The van der Waals surface area contributed by atoms with Gasteiger partial charge >= 0.3 is 5.97 Å². The molecular formula is C15H15NO3. The molecule has 0 spiro atoms. The van der Waals surface area contributed by atoms with Gasteiger partial charge in [0, 0.05) is 18.2 Å². The average Bonchev–Trinajstić information content (AvgIpc) is 2.90. The van der Waals surface area contributed by atoms with Crippen molar-refractivity contribution in [3.8, 4) is 0 Å². The molecule has 0 fully saturated rings. The van der Waals surface area contributed by atoms with E-state index in [0.717, 1.165) is 5.56 Å². The van der Waals surface area contributed by atoms with Crippen LogP contribution in [0.15, 0.2) is 42.6 Å². The van der Waals surface area contributed by atoms with Crippen LogP contribution in [0.5, 0.6) is 0 Å². The number of aromatic amines is 1. The Bertz CT molecular complexity index is 572. The Labute approximate surface area is 111 Å². The van der Waals surface area contributed by atoms with Crippen molar-refractivity contribution in [2.75, 3.05) is 6.61 Å². The molecule has 1 heterocycles. The lowest BCUT2D eigenvalue weighted by Gasteiger charge is -1.98. The Balaban J connectivity index is 2.06. The summed E-state index contributed by atoms with van der Waals surface area (Å²) in [6.45, 7) is 2.05. The van der Waals surface area contributed by atoms with E-state index < -0.39 is 5.97 Å². The molecule has 0 atom stereocenters. The number of hydrogen-bond donors (Lipinski definition) is 1. The first-order valence-electron chi connectivity index (χ1n) is 6.13. The number of nitrogens with one attached hydrogen (secondary N) is 1. The molecule has 1 aromatic heterocycles. The Hall–Kier alpha value is -2.36. The number of hydrogen-bond acceptors (Lipinski definition) is 3. The van der Waals surface area contributed by atoms with E-state index in [1.807, 2.05) is 30.3 Å². The summed E-state index contributed by atoms with van der Waals surface area (Å²) < 4.78 is 4.86. The van der Waals surface area contributed by atoms with Gasteiger partial charge in [-0.15, -0.1) is 0 Å². The first-order chi connectivity index (χ1) is 9.20. The highest BCUT2D eigenvalue weighted by Gasteiger charge is 2.13. The van der Waals surface area contributed by atoms with Crippen LogP contribution in [0.2, 0.25) is 0 Å². The number of rotatable bonds is 5. The Morgan fingerprint density at radius 1 is 1.21 bits per heavy atom. The van der Waals surface area contributed by atoms with Crippen LogP contribution >= 0.6 is 0 Å². The van der Waals surface area contributed by atoms with Crippen molar-refractivity contribution in [1.29, 1.82) is 0 Å². The molecule has 0 amide bonds. The second kappa shape index (κ2) is 6.00. The smallest absolute Gasteiger partial charge is 0.354 e. The lowest BCUT2D eigenvalue weighted by molar-refractivity contribution is 0.0520. The molecule has 0 unspecified atom stereocenters. The summed E-state index contributed by atoms with van der Waals surface area (Å²) in [6.07, 6.45) is 1.86. The highest BCUT2D eigenvalue weighted by atomic mass is 16.5. The summed E-state index contributed by atoms with van der Waals surface area (Å²) >= 11 is 0. The van der Waals surface area contributed by atoms with Gasteiger partial charge in [-0.3, -0.25) is 4.79 Å². The summed E-state index contributed by atoms with van der Waals surface area (Å²) in [6, 6.07) is 11.0. The van der Waals surface area contributed by atoms with Crippen molar-refractivity contribution >= 4 is 11.8 Å². The fourth-order valence-corrected chi connectivity index (χ4v) is 1.77. The zero-order valence-corrected chi connectivity index (χ0v) is 10.7. The number of carbonyl (C=O) groups is 2. The van der Waals surface area contributed by atoms with Crippen LogP contribution in [-0.4, -0.2) is 23.3 Å². The molecule has 0 bridgehead atoms. The zero-order valence-electron chi connectivity index (χ0n) is 10.7. The van der Waals surface area contributed by atoms with Gasteiger partial charge in [-0.1, -0.05) is 30.3 Å². The van der Waals surface area contributed by atoms with Crippen molar-refractivity contribution < 1.29 is 14.3 Å². The topological polar surface area (TPSA) is 59.2 Å². The van der Waals surface area contributed by atoms with E-state index in [0.29, 0.717) is 24.3 Å². The van der Waals surface area contributed by atoms with Gasteiger partial charge in [0.25, 0.3) is 0 Å². The van der Waals surface area contributed by atoms with Crippen LogP contribution in [-0.2, 0) is 11.2 Å². The lowest BCUT2D eigenvalue weighted by atomic mass is 10.1. The summed E-state index contributed by atoms with van der Waals surface area (Å²) in [4.78, 5) is 26.3. The van der Waals surface area contributed by atoms with E-state index in [9.17, 15) is 9.59 Å². The van der Waals surface area contributed by atoms with Gasteiger partial charge in [-0.25, -0.2) is 4.79 Å². The number of carbonyl (C=O) groups excluding carboxylic acids is 2. The molecule has 0 aliphatic carbocycles. The van der Waals surface area contributed by atoms with Gasteiger partial charge in [-0.05, 0) is 18.6 Å². The third-order valence-electron chi connectivity index (χ3n) is 2.71. The Morgan fingerprint density at radius 3 is 2.63 bits per heavy atom. The summed E-state index contributed by atoms with van der Waals surface area (Å²) in [5.74, 6) is -0.473. The third kappa shape index (κ3) is 3.31. The normalized spacial score (nSPS) is 10.2. The van der Waals surface area contributed by atoms with E-state index in [1.165, 1.54) is 12.3 Å². The first-order valence-corrected chi connectivity index (χ1v) is 6.13. The van der Waals surface area contributed by atoms with Gasteiger partial charge < -0.3 is 9.72 Å². The predicted octanol–water partition coefficient (Wildman–Crippen LogP) is 2.62. The second-order valence-corrected chi connectivity index (χ2v) is 4.11. The molecule has 1 aromatic carbocycles. The number of esters is 1. The monoisotopic (exact) mass is 257 g/mol. The lowest BCUT2D eigenvalue weighted by Crippen LogP contribution is -2.05. The minimum atomic E-state index is -0.443. The van der Waals surface area contributed by atoms with Crippen LogP contribution in [0.3, 0.4) is 0 Å². The number of Topliss-reactive ketones (excluding diaryl/α,β-unsaturated/α-hetero) is 1. The predicted molar refractivity (Wildman–Crippen MR) is 71.2 cm³/mol.